The van der Waals surface area contributed by atoms with Gasteiger partial charge < -0.3 is 14.5 Å². The molecule has 0 bridgehead atoms. The number of hydrogen-bond acceptors (Lipinski definition) is 4. The van der Waals surface area contributed by atoms with E-state index >= 15 is 0 Å². The van der Waals surface area contributed by atoms with Crippen molar-refractivity contribution >= 4 is 11.8 Å². The van der Waals surface area contributed by atoms with Crippen LogP contribution in [-0.2, 0) is 9.53 Å². The van der Waals surface area contributed by atoms with Gasteiger partial charge in [-0.05, 0) is 44.4 Å². The van der Waals surface area contributed by atoms with E-state index in [9.17, 15) is 14.0 Å². The smallest absolute Gasteiger partial charge is 0.253 e. The van der Waals surface area contributed by atoms with Gasteiger partial charge in [-0.3, -0.25) is 14.5 Å². The first-order chi connectivity index (χ1) is 14.4. The van der Waals surface area contributed by atoms with Crippen LogP contribution in [0, 0.1) is 16.6 Å². The third-order valence-corrected chi connectivity index (χ3v) is 7.61. The lowest BCUT2D eigenvalue weighted by Crippen LogP contribution is -2.53. The van der Waals surface area contributed by atoms with Gasteiger partial charge in [-0.25, -0.2) is 4.39 Å². The molecule has 6 nitrogen and oxygen atoms in total. The molecule has 1 aromatic carbocycles. The Morgan fingerprint density at radius 1 is 1.17 bits per heavy atom. The Balaban J connectivity index is 1.53. The van der Waals surface area contributed by atoms with E-state index in [1.165, 1.54) is 12.1 Å². The Morgan fingerprint density at radius 3 is 2.57 bits per heavy atom. The zero-order chi connectivity index (χ0) is 21.4. The molecule has 7 heteroatoms. The monoisotopic (exact) mass is 417 g/mol. The molecule has 1 aromatic rings. The van der Waals surface area contributed by atoms with Crippen molar-refractivity contribution in [2.75, 3.05) is 59.5 Å². The highest BCUT2D eigenvalue weighted by atomic mass is 19.1. The fraction of sp³-hybridized carbons (Fsp3) is 0.652. The van der Waals surface area contributed by atoms with Gasteiger partial charge in [0.1, 0.15) is 5.82 Å². The van der Waals surface area contributed by atoms with Gasteiger partial charge in [0.05, 0.1) is 12.0 Å². The van der Waals surface area contributed by atoms with Crippen LogP contribution >= 0.6 is 0 Å². The van der Waals surface area contributed by atoms with Crippen molar-refractivity contribution in [2.24, 2.45) is 10.8 Å². The summed E-state index contributed by atoms with van der Waals surface area (Å²) in [5.74, 6) is -0.232. The maximum absolute atomic E-state index is 13.6. The van der Waals surface area contributed by atoms with Gasteiger partial charge in [-0.15, -0.1) is 0 Å². The van der Waals surface area contributed by atoms with E-state index in [4.69, 9.17) is 4.74 Å². The molecule has 3 aliphatic heterocycles. The molecule has 0 aliphatic carbocycles. The van der Waals surface area contributed by atoms with Gasteiger partial charge in [0.2, 0.25) is 5.91 Å². The predicted molar refractivity (Wildman–Crippen MR) is 112 cm³/mol. The van der Waals surface area contributed by atoms with Gasteiger partial charge in [0.25, 0.3) is 5.91 Å². The van der Waals surface area contributed by atoms with E-state index in [2.05, 4.69) is 4.90 Å². The fourth-order valence-electron chi connectivity index (χ4n) is 5.92. The summed E-state index contributed by atoms with van der Waals surface area (Å²) < 4.78 is 18.9. The average Bonchev–Trinajstić information content (AvgIpc) is 3.24. The molecule has 3 fully saturated rings. The minimum atomic E-state index is -0.394. The van der Waals surface area contributed by atoms with Crippen LogP contribution in [0.2, 0.25) is 0 Å². The lowest BCUT2D eigenvalue weighted by atomic mass is 9.60. The number of benzene rings is 1. The summed E-state index contributed by atoms with van der Waals surface area (Å²) in [6.07, 6.45) is 2.50. The molecule has 3 aliphatic rings. The standard InChI is InChI=1S/C23H32FN3O3/c1-3-26-12-9-23(21(26)29)17-25(13-14-30-2)16-22(23)7-10-27(11-8-22)20(28)18-5-4-6-19(24)15-18/h4-6,15H,3,7-14,16-17H2,1-2H3. The minimum absolute atomic E-state index is 0.111. The van der Waals surface area contributed by atoms with Gasteiger partial charge in [0.15, 0.2) is 0 Å². The number of likely N-dealkylation sites (tertiary alicyclic amines) is 3. The minimum Gasteiger partial charge on any atom is -0.383 e. The molecule has 2 amide bonds. The Labute approximate surface area is 177 Å². The van der Waals surface area contributed by atoms with Crippen molar-refractivity contribution in [1.82, 2.24) is 14.7 Å². The summed E-state index contributed by atoms with van der Waals surface area (Å²) in [6.45, 7) is 7.96. The second kappa shape index (κ2) is 8.27. The first kappa shape index (κ1) is 21.2. The van der Waals surface area contributed by atoms with E-state index in [1.807, 2.05) is 16.7 Å². The molecule has 1 atom stereocenters. The van der Waals surface area contributed by atoms with Crippen LogP contribution < -0.4 is 0 Å². The van der Waals surface area contributed by atoms with Gasteiger partial charge in [-0.2, -0.15) is 0 Å². The van der Waals surface area contributed by atoms with Crippen molar-refractivity contribution < 1.29 is 18.7 Å². The molecule has 4 rings (SSSR count). The second-order valence-corrected chi connectivity index (χ2v) is 9.00. The number of ether oxygens (including phenoxy) is 1. The molecular formula is C23H32FN3O3. The van der Waals surface area contributed by atoms with Crippen LogP contribution in [-0.4, -0.2) is 86.0 Å². The van der Waals surface area contributed by atoms with Gasteiger partial charge >= 0.3 is 0 Å². The highest BCUT2D eigenvalue weighted by molar-refractivity contribution is 5.94. The van der Waals surface area contributed by atoms with Crippen molar-refractivity contribution in [1.29, 1.82) is 0 Å². The first-order valence-electron chi connectivity index (χ1n) is 11.0. The lowest BCUT2D eigenvalue weighted by Gasteiger charge is -2.47. The van der Waals surface area contributed by atoms with Crippen LogP contribution in [0.1, 0.15) is 36.5 Å². The van der Waals surface area contributed by atoms with E-state index in [1.54, 1.807) is 19.2 Å². The number of piperidine rings is 1. The second-order valence-electron chi connectivity index (χ2n) is 9.00. The summed E-state index contributed by atoms with van der Waals surface area (Å²) in [5, 5.41) is 0. The number of hydrogen-bond donors (Lipinski definition) is 0. The fourth-order valence-corrected chi connectivity index (χ4v) is 5.92. The number of carbonyl (C=O) groups is 2. The number of halogens is 1. The Hall–Kier alpha value is -1.99. The molecule has 3 heterocycles. The third kappa shape index (κ3) is 3.42. The Bertz CT molecular complexity index is 809. The van der Waals surface area contributed by atoms with Crippen LogP contribution in [0.4, 0.5) is 4.39 Å². The molecule has 0 N–H and O–H groups in total. The zero-order valence-electron chi connectivity index (χ0n) is 18.0. The maximum atomic E-state index is 13.6. The van der Waals surface area contributed by atoms with Gasteiger partial charge in [0, 0.05) is 63.9 Å². The van der Waals surface area contributed by atoms with Crippen LogP contribution in [0.25, 0.3) is 0 Å². The number of methoxy groups -OCH3 is 1. The van der Waals surface area contributed by atoms with E-state index < -0.39 is 5.82 Å². The highest BCUT2D eigenvalue weighted by Crippen LogP contribution is 2.57. The molecule has 3 saturated heterocycles. The Morgan fingerprint density at radius 2 is 1.93 bits per heavy atom. The van der Waals surface area contributed by atoms with Crippen LogP contribution in [0.15, 0.2) is 24.3 Å². The average molecular weight is 418 g/mol. The molecule has 0 aromatic heterocycles. The van der Waals surface area contributed by atoms with Gasteiger partial charge in [-0.1, -0.05) is 6.07 Å². The summed E-state index contributed by atoms with van der Waals surface area (Å²) in [4.78, 5) is 32.6. The normalized spacial score (nSPS) is 26.3. The number of amides is 2. The molecular weight excluding hydrogens is 385 g/mol. The highest BCUT2D eigenvalue weighted by Gasteiger charge is 2.64. The zero-order valence-corrected chi connectivity index (χ0v) is 18.0. The molecule has 0 radical (unpaired) electrons. The first-order valence-corrected chi connectivity index (χ1v) is 11.0. The largest absolute Gasteiger partial charge is 0.383 e. The SMILES string of the molecule is CCN1CCC2(CN(CCOC)CC23CCN(C(=O)c2cccc(F)c2)CC3)C1=O. The molecule has 2 spiro atoms. The maximum Gasteiger partial charge on any atom is 0.253 e. The quantitative estimate of drug-likeness (QED) is 0.738. The summed E-state index contributed by atoms with van der Waals surface area (Å²) >= 11 is 0. The van der Waals surface area contributed by atoms with Crippen LogP contribution in [0.5, 0.6) is 0 Å². The van der Waals surface area contributed by atoms with E-state index in [0.29, 0.717) is 25.3 Å². The van der Waals surface area contributed by atoms with Crippen molar-refractivity contribution in [2.45, 2.75) is 26.2 Å². The third-order valence-electron chi connectivity index (χ3n) is 7.61. The van der Waals surface area contributed by atoms with E-state index in [-0.39, 0.29) is 22.6 Å². The predicted octanol–water partition coefficient (Wildman–Crippen LogP) is 2.25. The number of nitrogens with zero attached hydrogens (tertiary/aromatic N) is 3. The number of carbonyl (C=O) groups excluding carboxylic acids is 2. The number of fused-ring (bicyclic) bond motifs is 1. The molecule has 164 valence electrons. The van der Waals surface area contributed by atoms with Crippen molar-refractivity contribution in [3.05, 3.63) is 35.6 Å². The number of rotatable bonds is 5. The summed E-state index contributed by atoms with van der Waals surface area (Å²) in [6, 6.07) is 5.89. The van der Waals surface area contributed by atoms with E-state index in [0.717, 1.165) is 52.0 Å². The Kier molecular flexibility index (Phi) is 5.86. The molecule has 0 saturated carbocycles. The lowest BCUT2D eigenvalue weighted by molar-refractivity contribution is -0.141. The molecule has 30 heavy (non-hydrogen) atoms. The summed E-state index contributed by atoms with van der Waals surface area (Å²) in [5.41, 5.74) is -0.0755. The van der Waals surface area contributed by atoms with Crippen molar-refractivity contribution in [3.63, 3.8) is 0 Å². The summed E-state index contributed by atoms with van der Waals surface area (Å²) in [7, 11) is 1.71. The molecule has 1 unspecified atom stereocenters. The topological polar surface area (TPSA) is 53.1 Å². The van der Waals surface area contributed by atoms with Crippen LogP contribution in [0.3, 0.4) is 0 Å². The van der Waals surface area contributed by atoms with Crippen molar-refractivity contribution in [3.8, 4) is 0 Å².